The van der Waals surface area contributed by atoms with E-state index in [1.807, 2.05) is 4.72 Å². The Kier molecular flexibility index (Phi) is 10.4. The van der Waals surface area contributed by atoms with Crippen LogP contribution in [0.1, 0.15) is 84.1 Å². The number of halogens is 3. The molecule has 4 amide bonds. The van der Waals surface area contributed by atoms with Crippen LogP contribution in [0.2, 0.25) is 0 Å². The van der Waals surface area contributed by atoms with Gasteiger partial charge in [0.15, 0.2) is 0 Å². The molecule has 1 aromatic carbocycles. The van der Waals surface area contributed by atoms with Crippen molar-refractivity contribution in [2.45, 2.75) is 120 Å². The van der Waals surface area contributed by atoms with Crippen molar-refractivity contribution >= 4 is 39.5 Å². The van der Waals surface area contributed by atoms with Gasteiger partial charge in [-0.2, -0.15) is 0 Å². The average molecular weight is 756 g/mol. The number of amides is 4. The molecule has 5 aliphatic rings. The molecular weight excluding hydrogens is 711 g/mol. The quantitative estimate of drug-likeness (QED) is 0.286. The molecule has 2 heterocycles. The Balaban J connectivity index is 1.25. The van der Waals surface area contributed by atoms with Crippen LogP contribution in [-0.2, 0) is 34.0 Å². The van der Waals surface area contributed by atoms with Crippen molar-refractivity contribution in [3.05, 3.63) is 29.6 Å². The molecule has 14 nitrogen and oxygen atoms in total. The molecule has 4 fully saturated rings. The summed E-state index contributed by atoms with van der Waals surface area (Å²) in [7, 11) is -4.14. The predicted molar refractivity (Wildman–Crippen MR) is 178 cm³/mol. The van der Waals surface area contributed by atoms with E-state index >= 15 is 0 Å². The van der Waals surface area contributed by atoms with Crippen molar-refractivity contribution in [1.82, 2.24) is 20.3 Å². The van der Waals surface area contributed by atoms with Crippen LogP contribution in [0, 0.1) is 17.2 Å². The van der Waals surface area contributed by atoms with E-state index in [0.29, 0.717) is 42.7 Å². The Morgan fingerprint density at radius 3 is 2.42 bits per heavy atom. The van der Waals surface area contributed by atoms with Gasteiger partial charge in [-0.3, -0.25) is 19.1 Å². The molecule has 3 aliphatic carbocycles. The predicted octanol–water partition coefficient (Wildman–Crippen LogP) is 3.13. The number of nitrogens with zero attached hydrogens (tertiary/aromatic N) is 2. The number of hydrogen-bond donors (Lipinski definition) is 3. The topological polar surface area (TPSA) is 182 Å². The summed E-state index contributed by atoms with van der Waals surface area (Å²) in [5, 5.41) is 8.42. The number of carbonyl (C=O) groups is 4. The lowest BCUT2D eigenvalue weighted by Crippen LogP contribution is -2.60. The van der Waals surface area contributed by atoms with E-state index in [-0.39, 0.29) is 32.1 Å². The molecule has 6 rings (SSSR count). The van der Waals surface area contributed by atoms with Crippen LogP contribution in [-0.4, -0.2) is 97.5 Å². The Bertz CT molecular complexity index is 1730. The Morgan fingerprint density at radius 2 is 1.79 bits per heavy atom. The van der Waals surface area contributed by atoms with Gasteiger partial charge in [-0.05, 0) is 68.6 Å². The number of hydrogen-bond acceptors (Lipinski definition) is 10. The lowest BCUT2D eigenvalue weighted by Gasteiger charge is -2.35. The summed E-state index contributed by atoms with van der Waals surface area (Å²) in [5.74, 6) is -4.77. The fourth-order valence-electron chi connectivity index (χ4n) is 7.01. The normalized spacial score (nSPS) is 27.4. The van der Waals surface area contributed by atoms with Gasteiger partial charge in [0.1, 0.15) is 41.4 Å². The first-order valence-corrected chi connectivity index (χ1v) is 19.1. The van der Waals surface area contributed by atoms with E-state index in [1.54, 1.807) is 20.8 Å². The Labute approximate surface area is 299 Å². The third-order valence-electron chi connectivity index (χ3n) is 10.2. The third-order valence-corrected chi connectivity index (χ3v) is 12.0. The second-order valence-electron chi connectivity index (χ2n) is 15.3. The maximum absolute atomic E-state index is 14.3. The van der Waals surface area contributed by atoms with Crippen LogP contribution in [0.3, 0.4) is 0 Å². The molecule has 0 bridgehead atoms. The van der Waals surface area contributed by atoms with Gasteiger partial charge in [-0.1, -0.05) is 25.9 Å². The van der Waals surface area contributed by atoms with Crippen molar-refractivity contribution < 1.29 is 55.1 Å². The molecule has 0 spiro atoms. The van der Waals surface area contributed by atoms with E-state index in [1.165, 1.54) is 18.2 Å². The van der Waals surface area contributed by atoms with Gasteiger partial charge in [-0.15, -0.1) is 0 Å². The van der Waals surface area contributed by atoms with Crippen LogP contribution in [0.25, 0.3) is 0 Å². The maximum atomic E-state index is 14.3. The number of likely N-dealkylation sites (tertiary alicyclic amines) is 1. The van der Waals surface area contributed by atoms with Gasteiger partial charge in [0.25, 0.3) is 5.91 Å². The molecule has 286 valence electrons. The fourth-order valence-corrected chi connectivity index (χ4v) is 8.37. The second-order valence-corrected chi connectivity index (χ2v) is 17.2. The smallest absolute Gasteiger partial charge is 0.408 e. The highest BCUT2D eigenvalue weighted by atomic mass is 32.2. The number of nitrogens with one attached hydrogen (secondary N) is 3. The molecule has 3 N–H and O–H groups in total. The van der Waals surface area contributed by atoms with Gasteiger partial charge >= 0.3 is 6.09 Å². The molecule has 1 saturated heterocycles. The minimum absolute atomic E-state index is 0.207. The number of alkyl carbamates (subject to hydrolysis) is 1. The number of oxime groups is 1. The molecule has 5 atom stereocenters. The van der Waals surface area contributed by atoms with Crippen molar-refractivity contribution in [1.29, 1.82) is 0 Å². The first kappa shape index (κ1) is 37.7. The number of carbonyl (C=O) groups excluding carboxylic acids is 4. The standard InChI is InChI=1S/C34H44F3N5O9S/c1-33(2,3)27(38-32(46)50-19-6-4-5-7-19)30(44)42-17-20(51-40-24-12-13-49-26-11-8-18(35)14-22(24)26)15-25(42)29(43)39-34(16-23(34)28(36)37)31(45)41-52(47,48)21-9-10-21/h8,11,14,19-21,23,25,27-28H,4-7,9-10,12-13,15-17H2,1-3H3,(H,38,46)(H,39,43)(H,41,45)/b40-24-/t20-,23+,25+,27-,34+/m1/s1. The monoisotopic (exact) mass is 755 g/mol. The lowest BCUT2D eigenvalue weighted by atomic mass is 9.85. The summed E-state index contributed by atoms with van der Waals surface area (Å²) >= 11 is 0. The molecule has 2 aliphatic heterocycles. The zero-order valence-electron chi connectivity index (χ0n) is 29.2. The van der Waals surface area contributed by atoms with Gasteiger partial charge in [0.05, 0.1) is 30.0 Å². The fraction of sp³-hybridized carbons (Fsp3) is 0.676. The minimum Gasteiger partial charge on any atom is -0.492 e. The number of benzene rings is 1. The molecule has 1 aromatic rings. The van der Waals surface area contributed by atoms with E-state index in [2.05, 4.69) is 15.8 Å². The van der Waals surface area contributed by atoms with Crippen molar-refractivity contribution in [2.75, 3.05) is 13.2 Å². The number of rotatable bonds is 11. The summed E-state index contributed by atoms with van der Waals surface area (Å²) in [6.07, 6.45) is -1.74. The Hall–Kier alpha value is -4.09. The van der Waals surface area contributed by atoms with Crippen LogP contribution in [0.5, 0.6) is 5.75 Å². The van der Waals surface area contributed by atoms with E-state index < -0.39 is 92.8 Å². The molecule has 0 aromatic heterocycles. The van der Waals surface area contributed by atoms with Crippen molar-refractivity contribution in [2.24, 2.45) is 16.5 Å². The highest BCUT2D eigenvalue weighted by molar-refractivity contribution is 7.91. The molecule has 0 unspecified atom stereocenters. The van der Waals surface area contributed by atoms with Crippen LogP contribution in [0.4, 0.5) is 18.0 Å². The number of ether oxygens (including phenoxy) is 2. The van der Waals surface area contributed by atoms with E-state index in [0.717, 1.165) is 17.7 Å². The summed E-state index contributed by atoms with van der Waals surface area (Å²) < 4.78 is 80.2. The summed E-state index contributed by atoms with van der Waals surface area (Å²) in [6.45, 7) is 5.11. The third kappa shape index (κ3) is 8.10. The molecule has 0 radical (unpaired) electrons. The van der Waals surface area contributed by atoms with Gasteiger partial charge < -0.3 is 29.8 Å². The van der Waals surface area contributed by atoms with Gasteiger partial charge in [0.2, 0.25) is 28.3 Å². The number of fused-ring (bicyclic) bond motifs is 1. The Morgan fingerprint density at radius 1 is 1.08 bits per heavy atom. The second kappa shape index (κ2) is 14.4. The zero-order chi connectivity index (χ0) is 37.6. The molecule has 52 heavy (non-hydrogen) atoms. The zero-order valence-corrected chi connectivity index (χ0v) is 30.0. The largest absolute Gasteiger partial charge is 0.492 e. The first-order chi connectivity index (χ1) is 24.5. The van der Waals surface area contributed by atoms with Gasteiger partial charge in [0, 0.05) is 18.4 Å². The number of sulfonamides is 1. The lowest BCUT2D eigenvalue weighted by molar-refractivity contribution is -0.143. The van der Waals surface area contributed by atoms with Crippen molar-refractivity contribution in [3.63, 3.8) is 0 Å². The highest BCUT2D eigenvalue weighted by Gasteiger charge is 2.67. The maximum Gasteiger partial charge on any atom is 0.408 e. The van der Waals surface area contributed by atoms with Crippen LogP contribution >= 0.6 is 0 Å². The SMILES string of the molecule is CC(C)(C)[C@H](NC(=O)OC1CCCC1)C(=O)N1C[C@H](O/N=C2/CCOc3ccc(F)cc32)C[C@H]1C(=O)N[C@@]1(C(=O)NS(=O)(=O)C2CC2)C[C@H]1C(F)F. The van der Waals surface area contributed by atoms with Crippen LogP contribution in [0.15, 0.2) is 23.4 Å². The number of alkyl halides is 2. The van der Waals surface area contributed by atoms with E-state index in [9.17, 15) is 40.8 Å². The average Bonchev–Trinajstić information content (AvgIpc) is 3.96. The van der Waals surface area contributed by atoms with Gasteiger partial charge in [-0.25, -0.2) is 26.4 Å². The highest BCUT2D eigenvalue weighted by Crippen LogP contribution is 2.48. The summed E-state index contributed by atoms with van der Waals surface area (Å²) in [4.78, 5) is 61.6. The minimum atomic E-state index is -4.14. The van der Waals surface area contributed by atoms with Crippen LogP contribution < -0.4 is 20.1 Å². The molecule has 3 saturated carbocycles. The van der Waals surface area contributed by atoms with Crippen molar-refractivity contribution in [3.8, 4) is 5.75 Å². The molecule has 18 heteroatoms. The summed E-state index contributed by atoms with van der Waals surface area (Å²) in [6, 6.07) is 1.31. The summed E-state index contributed by atoms with van der Waals surface area (Å²) in [5.41, 5.74) is -2.41. The van der Waals surface area contributed by atoms with E-state index in [4.69, 9.17) is 14.3 Å². The first-order valence-electron chi connectivity index (χ1n) is 17.6. The molecular formula is C34H44F3N5O9S.